The number of hydrogen-bond acceptors (Lipinski definition) is 3. The van der Waals surface area contributed by atoms with Gasteiger partial charge in [-0.2, -0.15) is 0 Å². The first kappa shape index (κ1) is 10.3. The van der Waals surface area contributed by atoms with E-state index in [4.69, 9.17) is 16.0 Å². The van der Waals surface area contributed by atoms with E-state index in [1.807, 2.05) is 0 Å². The monoisotopic (exact) mass is 221 g/mol. The Balaban J connectivity index is 2.40. The highest BCUT2D eigenvalue weighted by atomic mass is 16.4. The number of benzene rings is 1. The van der Waals surface area contributed by atoms with E-state index < -0.39 is 6.09 Å². The van der Waals surface area contributed by atoms with Crippen LogP contribution in [-0.4, -0.2) is 28.8 Å². The highest BCUT2D eigenvalue weighted by Crippen LogP contribution is 2.28. The van der Waals surface area contributed by atoms with E-state index in [0.717, 1.165) is 5.56 Å². The van der Waals surface area contributed by atoms with Crippen LogP contribution in [0.25, 0.3) is 0 Å². The number of carbonyl (C=O) groups is 1. The summed E-state index contributed by atoms with van der Waals surface area (Å²) < 4.78 is 0. The Bertz CT molecular complexity index is 470. The van der Waals surface area contributed by atoms with Gasteiger partial charge in [-0.05, 0) is 30.2 Å². The Hall–Kier alpha value is -2.24. The molecule has 0 saturated heterocycles. The van der Waals surface area contributed by atoms with Gasteiger partial charge < -0.3 is 16.0 Å². The van der Waals surface area contributed by atoms with Crippen LogP contribution in [0.2, 0.25) is 0 Å². The van der Waals surface area contributed by atoms with E-state index in [1.54, 1.807) is 18.2 Å². The zero-order valence-electron chi connectivity index (χ0n) is 8.42. The van der Waals surface area contributed by atoms with Gasteiger partial charge in [0.1, 0.15) is 0 Å². The second kappa shape index (κ2) is 3.73. The smallest absolute Gasteiger partial charge is 0.411 e. The van der Waals surface area contributed by atoms with E-state index in [0.29, 0.717) is 24.2 Å². The summed E-state index contributed by atoms with van der Waals surface area (Å²) in [6.45, 7) is 0.449. The second-order valence-electron chi connectivity index (χ2n) is 3.51. The van der Waals surface area contributed by atoms with Gasteiger partial charge in [-0.25, -0.2) is 4.79 Å². The number of fused-ring (bicyclic) bond motifs is 1. The lowest BCUT2D eigenvalue weighted by Gasteiger charge is -2.12. The molecule has 16 heavy (non-hydrogen) atoms. The van der Waals surface area contributed by atoms with E-state index in [9.17, 15) is 4.79 Å². The molecule has 6 nitrogen and oxygen atoms in total. The van der Waals surface area contributed by atoms with Gasteiger partial charge in [0.25, 0.3) is 0 Å². The maximum Gasteiger partial charge on any atom is 0.411 e. The molecule has 0 aliphatic carbocycles. The molecule has 4 N–H and O–H groups in total. The Labute approximate surface area is 91.6 Å². The molecule has 84 valence electrons. The van der Waals surface area contributed by atoms with Crippen LogP contribution >= 0.6 is 0 Å². The molecular formula is C10H11N3O3. The summed E-state index contributed by atoms with van der Waals surface area (Å²) in [7, 11) is 0. The van der Waals surface area contributed by atoms with Gasteiger partial charge in [-0.3, -0.25) is 4.90 Å². The highest BCUT2D eigenvalue weighted by Gasteiger charge is 2.24. The summed E-state index contributed by atoms with van der Waals surface area (Å²) in [5.74, 6) is 0.0246. The third-order valence-electron chi connectivity index (χ3n) is 2.61. The number of amidine groups is 1. The molecule has 0 aromatic heterocycles. The molecule has 0 saturated carbocycles. The molecule has 0 unspecified atom stereocenters. The van der Waals surface area contributed by atoms with Crippen molar-refractivity contribution in [3.05, 3.63) is 29.3 Å². The molecule has 0 atom stereocenters. The maximum atomic E-state index is 10.9. The summed E-state index contributed by atoms with van der Waals surface area (Å²) in [5.41, 5.74) is 7.61. The molecule has 6 heteroatoms. The Morgan fingerprint density at radius 3 is 2.88 bits per heavy atom. The Morgan fingerprint density at radius 1 is 1.50 bits per heavy atom. The first-order valence-corrected chi connectivity index (χ1v) is 4.75. The van der Waals surface area contributed by atoms with Gasteiger partial charge in [-0.15, -0.1) is 0 Å². The van der Waals surface area contributed by atoms with Crippen molar-refractivity contribution < 1.29 is 15.1 Å². The first-order chi connectivity index (χ1) is 7.63. The van der Waals surface area contributed by atoms with Crippen LogP contribution < -0.4 is 10.6 Å². The van der Waals surface area contributed by atoms with Gasteiger partial charge >= 0.3 is 6.09 Å². The van der Waals surface area contributed by atoms with Gasteiger partial charge in [0, 0.05) is 12.1 Å². The number of amides is 1. The predicted molar refractivity (Wildman–Crippen MR) is 58.0 cm³/mol. The quantitative estimate of drug-likeness (QED) is 0.283. The largest absolute Gasteiger partial charge is 0.465 e. The fourth-order valence-electron chi connectivity index (χ4n) is 1.82. The summed E-state index contributed by atoms with van der Waals surface area (Å²) >= 11 is 0. The lowest BCUT2D eigenvalue weighted by atomic mass is 10.1. The normalized spacial score (nSPS) is 15.0. The third kappa shape index (κ3) is 1.54. The topological polar surface area (TPSA) is 99.2 Å². The molecule has 0 fully saturated rings. The van der Waals surface area contributed by atoms with E-state index in [-0.39, 0.29) is 5.84 Å². The standard InChI is InChI=1S/C10H11N3O3/c11-9(12-16)7-1-2-8-6(5-7)3-4-13(8)10(14)15/h1-2,5,16H,3-4H2,(H2,11,12)(H,14,15). The molecular weight excluding hydrogens is 210 g/mol. The Morgan fingerprint density at radius 2 is 2.25 bits per heavy atom. The summed E-state index contributed by atoms with van der Waals surface area (Å²) in [5, 5.41) is 20.4. The van der Waals surface area contributed by atoms with Crippen molar-refractivity contribution in [1.29, 1.82) is 0 Å². The zero-order chi connectivity index (χ0) is 11.7. The number of oxime groups is 1. The number of rotatable bonds is 1. The Kier molecular flexibility index (Phi) is 2.40. The van der Waals surface area contributed by atoms with Crippen LogP contribution in [0.3, 0.4) is 0 Å². The number of hydrogen-bond donors (Lipinski definition) is 3. The minimum absolute atomic E-state index is 0.0246. The molecule has 1 aliphatic heterocycles. The average molecular weight is 221 g/mol. The summed E-state index contributed by atoms with van der Waals surface area (Å²) in [4.78, 5) is 12.2. The van der Waals surface area contributed by atoms with E-state index in [1.165, 1.54) is 4.90 Å². The van der Waals surface area contributed by atoms with Crippen LogP contribution in [0.4, 0.5) is 10.5 Å². The second-order valence-corrected chi connectivity index (χ2v) is 3.51. The van der Waals surface area contributed by atoms with Crippen LogP contribution in [0.15, 0.2) is 23.4 Å². The summed E-state index contributed by atoms with van der Waals surface area (Å²) in [6, 6.07) is 5.05. The molecule has 1 aromatic rings. The number of anilines is 1. The van der Waals surface area contributed by atoms with Crippen LogP contribution in [-0.2, 0) is 6.42 Å². The van der Waals surface area contributed by atoms with Crippen molar-refractivity contribution in [1.82, 2.24) is 0 Å². The van der Waals surface area contributed by atoms with Crippen molar-refractivity contribution in [3.8, 4) is 0 Å². The third-order valence-corrected chi connectivity index (χ3v) is 2.61. The predicted octanol–water partition coefficient (Wildman–Crippen LogP) is 0.822. The van der Waals surface area contributed by atoms with Crippen LogP contribution in [0.1, 0.15) is 11.1 Å². The van der Waals surface area contributed by atoms with Gasteiger partial charge in [-0.1, -0.05) is 5.16 Å². The van der Waals surface area contributed by atoms with Crippen molar-refractivity contribution in [2.75, 3.05) is 11.4 Å². The summed E-state index contributed by atoms with van der Waals surface area (Å²) in [6.07, 6.45) is -0.316. The highest BCUT2D eigenvalue weighted by molar-refractivity contribution is 5.98. The van der Waals surface area contributed by atoms with Crippen molar-refractivity contribution in [3.63, 3.8) is 0 Å². The molecule has 0 bridgehead atoms. The molecule has 1 aliphatic rings. The first-order valence-electron chi connectivity index (χ1n) is 4.75. The molecule has 0 radical (unpaired) electrons. The van der Waals surface area contributed by atoms with Gasteiger partial charge in [0.05, 0.1) is 5.69 Å². The van der Waals surface area contributed by atoms with E-state index >= 15 is 0 Å². The zero-order valence-corrected chi connectivity index (χ0v) is 8.42. The van der Waals surface area contributed by atoms with Crippen molar-refractivity contribution in [2.45, 2.75) is 6.42 Å². The molecule has 1 heterocycles. The average Bonchev–Trinajstić information content (AvgIpc) is 2.70. The molecule has 1 aromatic carbocycles. The van der Waals surface area contributed by atoms with Crippen LogP contribution in [0.5, 0.6) is 0 Å². The fraction of sp³-hybridized carbons (Fsp3) is 0.200. The molecule has 1 amide bonds. The van der Waals surface area contributed by atoms with Crippen molar-refractivity contribution >= 4 is 17.6 Å². The van der Waals surface area contributed by atoms with Gasteiger partial charge in [0.2, 0.25) is 0 Å². The SMILES string of the molecule is NC(=NO)c1ccc2c(c1)CCN2C(=O)O. The molecule has 2 rings (SSSR count). The minimum atomic E-state index is -0.963. The number of nitrogens with zero attached hydrogens (tertiary/aromatic N) is 2. The number of nitrogens with two attached hydrogens (primary N) is 1. The van der Waals surface area contributed by atoms with E-state index in [2.05, 4.69) is 5.16 Å². The lowest BCUT2D eigenvalue weighted by Crippen LogP contribution is -2.26. The van der Waals surface area contributed by atoms with Gasteiger partial charge in [0.15, 0.2) is 5.84 Å². The van der Waals surface area contributed by atoms with Crippen LogP contribution in [0, 0.1) is 0 Å². The fourth-order valence-corrected chi connectivity index (χ4v) is 1.82. The molecule has 0 spiro atoms. The lowest BCUT2D eigenvalue weighted by molar-refractivity contribution is 0.202. The maximum absolute atomic E-state index is 10.9. The number of carboxylic acid groups (broad SMARTS) is 1. The minimum Gasteiger partial charge on any atom is -0.465 e. The van der Waals surface area contributed by atoms with Crippen molar-refractivity contribution in [2.24, 2.45) is 10.9 Å².